The van der Waals surface area contributed by atoms with Crippen LogP contribution in [-0.2, 0) is 0 Å². The summed E-state index contributed by atoms with van der Waals surface area (Å²) in [7, 11) is 4.76. The van der Waals surface area contributed by atoms with Crippen molar-refractivity contribution in [2.75, 3.05) is 21.3 Å². The molecule has 0 atom stereocenters. The summed E-state index contributed by atoms with van der Waals surface area (Å²) >= 11 is 0. The Morgan fingerprint density at radius 2 is 1.26 bits per heavy atom. The fraction of sp³-hybridized carbons (Fsp3) is 0.0968. The van der Waals surface area contributed by atoms with E-state index < -0.39 is 0 Å². The molecule has 2 aromatic heterocycles. The number of aromatic hydroxyl groups is 1. The van der Waals surface area contributed by atoms with E-state index in [1.807, 2.05) is 83.5 Å². The van der Waals surface area contributed by atoms with Crippen molar-refractivity contribution < 1.29 is 19.3 Å². The minimum absolute atomic E-state index is 0.0570. The van der Waals surface area contributed by atoms with E-state index in [0.717, 1.165) is 38.7 Å². The molecule has 188 valence electrons. The van der Waals surface area contributed by atoms with Crippen LogP contribution in [0.4, 0.5) is 0 Å². The van der Waals surface area contributed by atoms with Crippen molar-refractivity contribution in [2.24, 2.45) is 0 Å². The van der Waals surface area contributed by atoms with Gasteiger partial charge in [-0.3, -0.25) is 0 Å². The van der Waals surface area contributed by atoms with Gasteiger partial charge in [0.15, 0.2) is 28.6 Å². The van der Waals surface area contributed by atoms with Crippen molar-refractivity contribution in [3.63, 3.8) is 0 Å². The number of phenolic OH excluding ortho intramolecular Hbond substituents is 1. The van der Waals surface area contributed by atoms with Gasteiger partial charge in [-0.1, -0.05) is 48.5 Å². The number of ether oxygens (including phenoxy) is 3. The molecular formula is C31H25N3O4. The Labute approximate surface area is 219 Å². The van der Waals surface area contributed by atoms with Crippen molar-refractivity contribution in [1.82, 2.24) is 14.8 Å². The quantitative estimate of drug-likeness (QED) is 0.275. The SMILES string of the molecule is COc1cc(-c2nc3c(c(-c4ccccc4)nn3-c3ccccc3)c3cc(OC)c(OC)cc23)ccc1O. The van der Waals surface area contributed by atoms with Crippen LogP contribution in [0.3, 0.4) is 0 Å². The van der Waals surface area contributed by atoms with Crippen molar-refractivity contribution in [3.8, 4) is 51.2 Å². The summed E-state index contributed by atoms with van der Waals surface area (Å²) in [5, 5.41) is 18.0. The van der Waals surface area contributed by atoms with Crippen LogP contribution in [0.2, 0.25) is 0 Å². The fourth-order valence-corrected chi connectivity index (χ4v) is 4.80. The molecule has 6 rings (SSSR count). The molecule has 7 heteroatoms. The highest BCUT2D eigenvalue weighted by Gasteiger charge is 2.23. The van der Waals surface area contributed by atoms with E-state index in [2.05, 4.69) is 0 Å². The van der Waals surface area contributed by atoms with Gasteiger partial charge in [-0.25, -0.2) is 9.67 Å². The smallest absolute Gasteiger partial charge is 0.164 e. The lowest BCUT2D eigenvalue weighted by Gasteiger charge is -2.14. The second-order valence-corrected chi connectivity index (χ2v) is 8.76. The van der Waals surface area contributed by atoms with Gasteiger partial charge in [0.2, 0.25) is 0 Å². The van der Waals surface area contributed by atoms with Gasteiger partial charge in [0, 0.05) is 21.9 Å². The summed E-state index contributed by atoms with van der Waals surface area (Å²) in [5.74, 6) is 1.61. The first-order chi connectivity index (χ1) is 18.6. The molecule has 0 saturated carbocycles. The fourth-order valence-electron chi connectivity index (χ4n) is 4.80. The zero-order valence-corrected chi connectivity index (χ0v) is 21.2. The summed E-state index contributed by atoms with van der Waals surface area (Å²) in [4.78, 5) is 5.20. The van der Waals surface area contributed by atoms with E-state index in [4.69, 9.17) is 24.3 Å². The Morgan fingerprint density at radius 3 is 1.92 bits per heavy atom. The van der Waals surface area contributed by atoms with E-state index in [-0.39, 0.29) is 5.75 Å². The van der Waals surface area contributed by atoms with Crippen LogP contribution >= 0.6 is 0 Å². The highest BCUT2D eigenvalue weighted by Crippen LogP contribution is 2.43. The molecule has 0 bridgehead atoms. The number of benzene rings is 4. The lowest BCUT2D eigenvalue weighted by Crippen LogP contribution is -1.99. The van der Waals surface area contributed by atoms with Crippen LogP contribution in [0.5, 0.6) is 23.0 Å². The van der Waals surface area contributed by atoms with Gasteiger partial charge in [-0.2, -0.15) is 5.10 Å². The lowest BCUT2D eigenvalue weighted by molar-refractivity contribution is 0.356. The van der Waals surface area contributed by atoms with E-state index in [1.54, 1.807) is 26.4 Å². The van der Waals surface area contributed by atoms with Gasteiger partial charge in [-0.15, -0.1) is 0 Å². The Bertz CT molecular complexity index is 1780. The number of fused-ring (bicyclic) bond motifs is 3. The zero-order valence-electron chi connectivity index (χ0n) is 21.2. The number of aromatic nitrogens is 3. The summed E-state index contributed by atoms with van der Waals surface area (Å²) < 4.78 is 18.6. The summed E-state index contributed by atoms with van der Waals surface area (Å²) in [5.41, 5.74) is 4.84. The lowest BCUT2D eigenvalue weighted by atomic mass is 9.98. The number of rotatable bonds is 6. The molecule has 0 aliphatic rings. The topological polar surface area (TPSA) is 78.6 Å². The third kappa shape index (κ3) is 3.76. The van der Waals surface area contributed by atoms with Crippen LogP contribution in [-0.4, -0.2) is 41.2 Å². The second-order valence-electron chi connectivity index (χ2n) is 8.76. The van der Waals surface area contributed by atoms with Gasteiger partial charge in [0.1, 0.15) is 5.69 Å². The third-order valence-corrected chi connectivity index (χ3v) is 6.63. The predicted molar refractivity (Wildman–Crippen MR) is 149 cm³/mol. The average Bonchev–Trinajstić information content (AvgIpc) is 3.37. The van der Waals surface area contributed by atoms with Crippen molar-refractivity contribution >= 4 is 21.8 Å². The van der Waals surface area contributed by atoms with Crippen LogP contribution in [0.15, 0.2) is 91.0 Å². The number of nitrogens with zero attached hydrogens (tertiary/aromatic N) is 3. The van der Waals surface area contributed by atoms with Gasteiger partial charge >= 0.3 is 0 Å². The summed E-state index contributed by atoms with van der Waals surface area (Å²) in [6.07, 6.45) is 0. The Balaban J connectivity index is 1.80. The molecular weight excluding hydrogens is 478 g/mol. The molecule has 6 aromatic rings. The highest BCUT2D eigenvalue weighted by molar-refractivity contribution is 6.16. The van der Waals surface area contributed by atoms with Crippen LogP contribution in [0.1, 0.15) is 0 Å². The Kier molecular flexibility index (Phi) is 5.81. The van der Waals surface area contributed by atoms with Gasteiger partial charge in [0.05, 0.1) is 38.1 Å². The number of phenols is 1. The maximum absolute atomic E-state index is 10.2. The third-order valence-electron chi connectivity index (χ3n) is 6.63. The molecule has 0 saturated heterocycles. The van der Waals surface area contributed by atoms with E-state index in [1.165, 1.54) is 7.11 Å². The molecule has 7 nitrogen and oxygen atoms in total. The average molecular weight is 504 g/mol. The minimum Gasteiger partial charge on any atom is -0.504 e. The van der Waals surface area contributed by atoms with Crippen molar-refractivity contribution in [3.05, 3.63) is 91.0 Å². The van der Waals surface area contributed by atoms with Crippen LogP contribution < -0.4 is 14.2 Å². The monoisotopic (exact) mass is 503 g/mol. The first kappa shape index (κ1) is 23.4. The molecule has 0 aliphatic carbocycles. The number of hydrogen-bond acceptors (Lipinski definition) is 6. The normalized spacial score (nSPS) is 11.1. The second kappa shape index (κ2) is 9.44. The van der Waals surface area contributed by atoms with Gasteiger partial charge < -0.3 is 19.3 Å². The van der Waals surface area contributed by atoms with Gasteiger partial charge in [-0.05, 0) is 42.5 Å². The molecule has 0 radical (unpaired) electrons. The Hall–Kier alpha value is -5.04. The molecule has 0 fully saturated rings. The number of pyridine rings is 1. The molecule has 4 aromatic carbocycles. The Morgan fingerprint density at radius 1 is 0.632 bits per heavy atom. The first-order valence-electron chi connectivity index (χ1n) is 12.1. The molecule has 1 N–H and O–H groups in total. The molecule has 0 amide bonds. The molecule has 0 spiro atoms. The van der Waals surface area contributed by atoms with Crippen LogP contribution in [0.25, 0.3) is 50.0 Å². The number of para-hydroxylation sites is 1. The highest BCUT2D eigenvalue weighted by atomic mass is 16.5. The summed E-state index contributed by atoms with van der Waals surface area (Å²) in [6.45, 7) is 0. The first-order valence-corrected chi connectivity index (χ1v) is 12.1. The molecule has 0 aliphatic heterocycles. The van der Waals surface area contributed by atoms with E-state index in [9.17, 15) is 5.11 Å². The predicted octanol–water partition coefficient (Wildman–Crippen LogP) is 6.64. The molecule has 38 heavy (non-hydrogen) atoms. The van der Waals surface area contributed by atoms with Crippen LogP contribution in [0, 0.1) is 0 Å². The number of methoxy groups -OCH3 is 3. The van der Waals surface area contributed by atoms with Crippen molar-refractivity contribution in [2.45, 2.75) is 0 Å². The maximum Gasteiger partial charge on any atom is 0.164 e. The van der Waals surface area contributed by atoms with E-state index >= 15 is 0 Å². The van der Waals surface area contributed by atoms with E-state index in [0.29, 0.717) is 28.6 Å². The van der Waals surface area contributed by atoms with Crippen molar-refractivity contribution in [1.29, 1.82) is 0 Å². The number of hydrogen-bond donors (Lipinski definition) is 1. The largest absolute Gasteiger partial charge is 0.504 e. The zero-order chi connectivity index (χ0) is 26.2. The standard InChI is InChI=1S/C31H25N3O4/c1-36-25-16-20(14-15-24(25)35)29-23-18-27(38-3)26(37-2)17-22(23)28-30(19-10-6-4-7-11-19)33-34(31(28)32-29)21-12-8-5-9-13-21/h4-18,35H,1-3H3. The summed E-state index contributed by atoms with van der Waals surface area (Å²) in [6, 6.07) is 29.1. The maximum atomic E-state index is 10.2. The van der Waals surface area contributed by atoms with Gasteiger partial charge in [0.25, 0.3) is 0 Å². The molecule has 0 unspecified atom stereocenters. The molecule has 2 heterocycles. The minimum atomic E-state index is 0.0570.